The van der Waals surface area contributed by atoms with Gasteiger partial charge in [0.05, 0.1) is 5.56 Å². The van der Waals surface area contributed by atoms with E-state index in [1.165, 1.54) is 6.92 Å². The van der Waals surface area contributed by atoms with Gasteiger partial charge in [-0.25, -0.2) is 4.39 Å². The SMILES string of the molecule is CC(C)CNC(=O)C(C)NC(=O)c1cc(F)ccc1O. The Kier molecular flexibility index (Phi) is 5.49. The average molecular weight is 282 g/mol. The summed E-state index contributed by atoms with van der Waals surface area (Å²) in [7, 11) is 0. The molecule has 0 aliphatic carbocycles. The molecule has 0 saturated heterocycles. The second-order valence-corrected chi connectivity index (χ2v) is 5.00. The predicted octanol–water partition coefficient (Wildman–Crippen LogP) is 1.42. The Morgan fingerprint density at radius 3 is 2.55 bits per heavy atom. The van der Waals surface area contributed by atoms with Crippen LogP contribution in [0.5, 0.6) is 5.75 Å². The molecule has 0 saturated carbocycles. The fraction of sp³-hybridized carbons (Fsp3) is 0.429. The van der Waals surface area contributed by atoms with E-state index < -0.39 is 17.8 Å². The molecule has 0 radical (unpaired) electrons. The molecule has 6 heteroatoms. The molecular formula is C14H19FN2O3. The number of halogens is 1. The lowest BCUT2D eigenvalue weighted by molar-refractivity contribution is -0.122. The van der Waals surface area contributed by atoms with E-state index >= 15 is 0 Å². The van der Waals surface area contributed by atoms with Gasteiger partial charge in [0.1, 0.15) is 17.6 Å². The minimum atomic E-state index is -0.774. The molecule has 0 spiro atoms. The highest BCUT2D eigenvalue weighted by atomic mass is 19.1. The van der Waals surface area contributed by atoms with Gasteiger partial charge in [0.2, 0.25) is 5.91 Å². The van der Waals surface area contributed by atoms with Crippen LogP contribution in [0.1, 0.15) is 31.1 Å². The molecular weight excluding hydrogens is 263 g/mol. The van der Waals surface area contributed by atoms with Crippen LogP contribution < -0.4 is 10.6 Å². The summed E-state index contributed by atoms with van der Waals surface area (Å²) in [6, 6.07) is 2.28. The van der Waals surface area contributed by atoms with Crippen LogP contribution in [0.3, 0.4) is 0 Å². The molecule has 3 N–H and O–H groups in total. The molecule has 0 bridgehead atoms. The Labute approximate surface area is 117 Å². The van der Waals surface area contributed by atoms with Gasteiger partial charge in [0.15, 0.2) is 0 Å². The van der Waals surface area contributed by atoms with Crippen molar-refractivity contribution in [2.75, 3.05) is 6.54 Å². The lowest BCUT2D eigenvalue weighted by atomic mass is 10.1. The number of phenols is 1. The minimum Gasteiger partial charge on any atom is -0.507 e. The number of hydrogen-bond donors (Lipinski definition) is 3. The first-order valence-corrected chi connectivity index (χ1v) is 6.38. The van der Waals surface area contributed by atoms with Crippen molar-refractivity contribution >= 4 is 11.8 Å². The quantitative estimate of drug-likeness (QED) is 0.764. The van der Waals surface area contributed by atoms with Crippen molar-refractivity contribution in [1.29, 1.82) is 0 Å². The highest BCUT2D eigenvalue weighted by Crippen LogP contribution is 2.17. The third-order valence-corrected chi connectivity index (χ3v) is 2.63. The molecule has 0 aliphatic heterocycles. The summed E-state index contributed by atoms with van der Waals surface area (Å²) in [5.41, 5.74) is -0.200. The van der Waals surface area contributed by atoms with Crippen molar-refractivity contribution in [3.05, 3.63) is 29.6 Å². The van der Waals surface area contributed by atoms with E-state index in [0.717, 1.165) is 18.2 Å². The first-order valence-electron chi connectivity index (χ1n) is 6.38. The van der Waals surface area contributed by atoms with E-state index in [4.69, 9.17) is 0 Å². The number of aromatic hydroxyl groups is 1. The van der Waals surface area contributed by atoms with Crippen molar-refractivity contribution in [2.24, 2.45) is 5.92 Å². The molecule has 1 aromatic rings. The third-order valence-electron chi connectivity index (χ3n) is 2.63. The maximum Gasteiger partial charge on any atom is 0.255 e. The molecule has 1 unspecified atom stereocenters. The Bertz CT molecular complexity index is 503. The Morgan fingerprint density at radius 1 is 1.30 bits per heavy atom. The number of nitrogens with one attached hydrogen (secondary N) is 2. The average Bonchev–Trinajstić information content (AvgIpc) is 2.38. The van der Waals surface area contributed by atoms with Crippen molar-refractivity contribution in [2.45, 2.75) is 26.8 Å². The monoisotopic (exact) mass is 282 g/mol. The number of benzene rings is 1. The van der Waals surface area contributed by atoms with Gasteiger partial charge in [0.25, 0.3) is 5.91 Å². The third kappa shape index (κ3) is 4.53. The van der Waals surface area contributed by atoms with Crippen molar-refractivity contribution in [1.82, 2.24) is 10.6 Å². The summed E-state index contributed by atoms with van der Waals surface area (Å²) in [5.74, 6) is -1.70. The van der Waals surface area contributed by atoms with Gasteiger partial charge in [-0.2, -0.15) is 0 Å². The van der Waals surface area contributed by atoms with E-state index in [2.05, 4.69) is 10.6 Å². The van der Waals surface area contributed by atoms with Gasteiger partial charge in [-0.05, 0) is 31.0 Å². The zero-order valence-corrected chi connectivity index (χ0v) is 11.7. The molecule has 5 nitrogen and oxygen atoms in total. The summed E-state index contributed by atoms with van der Waals surface area (Å²) in [4.78, 5) is 23.6. The topological polar surface area (TPSA) is 78.4 Å². The first kappa shape index (κ1) is 15.9. The zero-order chi connectivity index (χ0) is 15.3. The van der Waals surface area contributed by atoms with E-state index in [1.54, 1.807) is 0 Å². The normalized spacial score (nSPS) is 12.1. The van der Waals surface area contributed by atoms with Crippen LogP contribution in [0.15, 0.2) is 18.2 Å². The Balaban J connectivity index is 2.65. The van der Waals surface area contributed by atoms with E-state index in [1.807, 2.05) is 13.8 Å². The number of carbonyl (C=O) groups excluding carboxylic acids is 2. The summed E-state index contributed by atoms with van der Waals surface area (Å²) in [6.45, 7) is 5.93. The van der Waals surface area contributed by atoms with E-state index in [9.17, 15) is 19.1 Å². The summed E-state index contributed by atoms with van der Waals surface area (Å²) >= 11 is 0. The second kappa shape index (κ2) is 6.88. The molecule has 20 heavy (non-hydrogen) atoms. The van der Waals surface area contributed by atoms with Gasteiger partial charge in [-0.3, -0.25) is 9.59 Å². The number of amides is 2. The predicted molar refractivity (Wildman–Crippen MR) is 72.8 cm³/mol. The maximum absolute atomic E-state index is 13.0. The number of hydrogen-bond acceptors (Lipinski definition) is 3. The van der Waals surface area contributed by atoms with Crippen LogP contribution in [-0.4, -0.2) is 29.5 Å². The smallest absolute Gasteiger partial charge is 0.255 e. The molecule has 0 aliphatic rings. The van der Waals surface area contributed by atoms with Crippen LogP contribution in [0, 0.1) is 11.7 Å². The Morgan fingerprint density at radius 2 is 1.95 bits per heavy atom. The van der Waals surface area contributed by atoms with Gasteiger partial charge < -0.3 is 15.7 Å². The lowest BCUT2D eigenvalue weighted by Gasteiger charge is -2.15. The Hall–Kier alpha value is -2.11. The highest BCUT2D eigenvalue weighted by molar-refractivity contribution is 5.99. The van der Waals surface area contributed by atoms with Crippen molar-refractivity contribution in [3.8, 4) is 5.75 Å². The van der Waals surface area contributed by atoms with Crippen molar-refractivity contribution in [3.63, 3.8) is 0 Å². The van der Waals surface area contributed by atoms with Crippen LogP contribution in [0.2, 0.25) is 0 Å². The van der Waals surface area contributed by atoms with Crippen LogP contribution in [0.25, 0.3) is 0 Å². The second-order valence-electron chi connectivity index (χ2n) is 5.00. The number of rotatable bonds is 5. The van der Waals surface area contributed by atoms with Gasteiger partial charge in [-0.15, -0.1) is 0 Å². The lowest BCUT2D eigenvalue weighted by Crippen LogP contribution is -2.45. The maximum atomic E-state index is 13.0. The molecule has 0 fully saturated rings. The highest BCUT2D eigenvalue weighted by Gasteiger charge is 2.19. The molecule has 0 heterocycles. The fourth-order valence-corrected chi connectivity index (χ4v) is 1.49. The largest absolute Gasteiger partial charge is 0.507 e. The molecule has 0 aromatic heterocycles. The standard InChI is InChI=1S/C14H19FN2O3/c1-8(2)7-16-13(19)9(3)17-14(20)11-6-10(15)4-5-12(11)18/h4-6,8-9,18H,7H2,1-3H3,(H,16,19)(H,17,20). The van der Waals surface area contributed by atoms with Crippen molar-refractivity contribution < 1.29 is 19.1 Å². The summed E-state index contributed by atoms with van der Waals surface area (Å²) in [5, 5.41) is 14.6. The van der Waals surface area contributed by atoms with Gasteiger partial charge in [-0.1, -0.05) is 13.8 Å². The van der Waals surface area contributed by atoms with Gasteiger partial charge >= 0.3 is 0 Å². The fourth-order valence-electron chi connectivity index (χ4n) is 1.49. The number of phenolic OH excluding ortho intramolecular Hbond substituents is 1. The molecule has 1 atom stereocenters. The van der Waals surface area contributed by atoms with E-state index in [-0.39, 0.29) is 17.2 Å². The molecule has 1 rings (SSSR count). The molecule has 110 valence electrons. The number of carbonyl (C=O) groups is 2. The van der Waals surface area contributed by atoms with Crippen LogP contribution >= 0.6 is 0 Å². The zero-order valence-electron chi connectivity index (χ0n) is 11.7. The summed E-state index contributed by atoms with van der Waals surface area (Å²) < 4.78 is 13.0. The van der Waals surface area contributed by atoms with E-state index in [0.29, 0.717) is 12.5 Å². The minimum absolute atomic E-state index is 0.200. The van der Waals surface area contributed by atoms with Gasteiger partial charge in [0, 0.05) is 6.54 Å². The van der Waals surface area contributed by atoms with Crippen LogP contribution in [-0.2, 0) is 4.79 Å². The molecule has 1 aromatic carbocycles. The summed E-state index contributed by atoms with van der Waals surface area (Å²) in [6.07, 6.45) is 0. The molecule has 2 amide bonds. The first-order chi connectivity index (χ1) is 9.31. The van der Waals surface area contributed by atoms with Crippen LogP contribution in [0.4, 0.5) is 4.39 Å².